The number of hydrogen-bond donors (Lipinski definition) is 2. The molecule has 0 fully saturated rings. The number of rotatable bonds is 4. The molecule has 30 heavy (non-hydrogen) atoms. The summed E-state index contributed by atoms with van der Waals surface area (Å²) in [4.78, 5) is 26.0. The van der Waals surface area contributed by atoms with Crippen LogP contribution in [0.25, 0.3) is 10.9 Å². The van der Waals surface area contributed by atoms with E-state index in [1.807, 2.05) is 42.3 Å². The van der Waals surface area contributed by atoms with E-state index in [0.717, 1.165) is 22.5 Å². The summed E-state index contributed by atoms with van der Waals surface area (Å²) < 4.78 is 5.71. The predicted molar refractivity (Wildman–Crippen MR) is 111 cm³/mol. The van der Waals surface area contributed by atoms with E-state index in [4.69, 9.17) is 4.74 Å². The summed E-state index contributed by atoms with van der Waals surface area (Å²) >= 11 is 0. The van der Waals surface area contributed by atoms with E-state index in [9.17, 15) is 9.90 Å². The van der Waals surface area contributed by atoms with Crippen molar-refractivity contribution in [3.63, 3.8) is 0 Å². The highest BCUT2D eigenvalue weighted by Gasteiger charge is 2.19. The smallest absolute Gasteiger partial charge is 0.325 e. The third kappa shape index (κ3) is 3.14. The van der Waals surface area contributed by atoms with Gasteiger partial charge in [0.2, 0.25) is 5.88 Å². The number of pyridine rings is 1. The number of anilines is 2. The number of nitrogens with one attached hydrogen (secondary N) is 1. The number of aromatic hydroxyl groups is 1. The molecule has 2 N–H and O–H groups in total. The largest absolute Gasteiger partial charge is 0.493 e. The second-order valence-electron chi connectivity index (χ2n) is 6.90. The van der Waals surface area contributed by atoms with Crippen LogP contribution in [0.2, 0.25) is 0 Å². The topological polar surface area (TPSA) is 100 Å². The molecule has 1 aliphatic heterocycles. The summed E-state index contributed by atoms with van der Waals surface area (Å²) in [5.74, 6) is 0.357. The molecule has 4 aromatic rings. The fourth-order valence-corrected chi connectivity index (χ4v) is 3.41. The summed E-state index contributed by atoms with van der Waals surface area (Å²) in [6.07, 6.45) is 3.11. The van der Waals surface area contributed by atoms with Crippen LogP contribution in [0.4, 0.5) is 11.4 Å². The second-order valence-corrected chi connectivity index (χ2v) is 6.90. The maximum atomic E-state index is 11.7. The monoisotopic (exact) mass is 399 g/mol. The molecular weight excluding hydrogens is 382 g/mol. The van der Waals surface area contributed by atoms with Crippen LogP contribution in [0.5, 0.6) is 17.6 Å². The predicted octanol–water partition coefficient (Wildman–Crippen LogP) is 3.53. The van der Waals surface area contributed by atoms with Crippen LogP contribution in [0.1, 0.15) is 15.9 Å². The van der Waals surface area contributed by atoms with Crippen molar-refractivity contribution in [1.29, 1.82) is 0 Å². The van der Waals surface area contributed by atoms with Crippen molar-refractivity contribution in [2.75, 3.05) is 11.9 Å². The normalized spacial score (nSPS) is 12.5. The minimum atomic E-state index is -0.154. The Morgan fingerprint density at radius 1 is 1.07 bits per heavy atom. The standard InChI is InChI=1S/C22H17N5O3/c1-27(15-4-7-17-13(10-15)11-24-20(17)28)14-2-5-16(6-3-14)30-22-25-19-12-23-9-8-18(19)21(29)26-22/h2-10,12H,11H2,1H3,(H,24,28)(H,25,26,29). The Hall–Kier alpha value is -4.20. The van der Waals surface area contributed by atoms with Gasteiger partial charge in [-0.25, -0.2) is 0 Å². The molecule has 0 saturated carbocycles. The first-order chi connectivity index (χ1) is 14.6. The lowest BCUT2D eigenvalue weighted by Crippen LogP contribution is -2.12. The Kier molecular flexibility index (Phi) is 4.17. The Bertz CT molecular complexity index is 1270. The molecule has 3 heterocycles. The van der Waals surface area contributed by atoms with Crippen molar-refractivity contribution < 1.29 is 14.6 Å². The maximum absolute atomic E-state index is 11.7. The van der Waals surface area contributed by atoms with Gasteiger partial charge in [-0.1, -0.05) is 0 Å². The number of fused-ring (bicyclic) bond motifs is 2. The van der Waals surface area contributed by atoms with Gasteiger partial charge in [0, 0.05) is 36.7 Å². The van der Waals surface area contributed by atoms with E-state index in [2.05, 4.69) is 20.3 Å². The molecule has 2 aromatic heterocycles. The molecule has 0 spiro atoms. The van der Waals surface area contributed by atoms with Gasteiger partial charge in [-0.05, 0) is 54.1 Å². The molecule has 148 valence electrons. The highest BCUT2D eigenvalue weighted by atomic mass is 16.5. The maximum Gasteiger partial charge on any atom is 0.325 e. The molecule has 0 atom stereocenters. The molecule has 2 aromatic carbocycles. The van der Waals surface area contributed by atoms with Crippen LogP contribution >= 0.6 is 0 Å². The highest BCUT2D eigenvalue weighted by molar-refractivity contribution is 5.98. The minimum absolute atomic E-state index is 0.0292. The number of aromatic nitrogens is 3. The van der Waals surface area contributed by atoms with Crippen LogP contribution in [0, 0.1) is 0 Å². The molecule has 1 amide bonds. The van der Waals surface area contributed by atoms with Gasteiger partial charge in [-0.3, -0.25) is 9.78 Å². The number of benzene rings is 2. The Morgan fingerprint density at radius 2 is 1.87 bits per heavy atom. The van der Waals surface area contributed by atoms with Gasteiger partial charge < -0.3 is 20.1 Å². The lowest BCUT2D eigenvalue weighted by Gasteiger charge is -2.20. The summed E-state index contributed by atoms with van der Waals surface area (Å²) in [5, 5.41) is 13.4. The average molecular weight is 399 g/mol. The zero-order valence-corrected chi connectivity index (χ0v) is 16.0. The van der Waals surface area contributed by atoms with Crippen LogP contribution in [0.3, 0.4) is 0 Å². The molecular formula is C22H17N5O3. The molecule has 8 nitrogen and oxygen atoms in total. The van der Waals surface area contributed by atoms with Crippen molar-refractivity contribution >= 4 is 28.2 Å². The van der Waals surface area contributed by atoms with Crippen molar-refractivity contribution in [2.24, 2.45) is 0 Å². The molecule has 5 rings (SSSR count). The number of nitrogens with zero attached hydrogens (tertiary/aromatic N) is 4. The first-order valence-corrected chi connectivity index (χ1v) is 9.32. The lowest BCUT2D eigenvalue weighted by molar-refractivity contribution is 0.0965. The first kappa shape index (κ1) is 17.9. The van der Waals surface area contributed by atoms with Gasteiger partial charge >= 0.3 is 6.01 Å². The molecule has 0 aliphatic carbocycles. The third-order valence-electron chi connectivity index (χ3n) is 5.05. The van der Waals surface area contributed by atoms with Gasteiger partial charge in [-0.2, -0.15) is 9.97 Å². The SMILES string of the molecule is CN(c1ccc(Oc2nc(O)c3ccncc3n2)cc1)c1ccc2c(c1)CNC2=O. The molecule has 0 unspecified atom stereocenters. The van der Waals surface area contributed by atoms with Crippen molar-refractivity contribution in [3.05, 3.63) is 72.1 Å². The second kappa shape index (κ2) is 7.00. The van der Waals surface area contributed by atoms with Crippen molar-refractivity contribution in [3.8, 4) is 17.6 Å². The Labute approximate surface area is 171 Å². The van der Waals surface area contributed by atoms with Gasteiger partial charge in [0.15, 0.2) is 0 Å². The molecule has 0 saturated heterocycles. The Balaban J connectivity index is 1.36. The molecule has 1 aliphatic rings. The third-order valence-corrected chi connectivity index (χ3v) is 5.05. The van der Waals surface area contributed by atoms with E-state index >= 15 is 0 Å². The quantitative estimate of drug-likeness (QED) is 0.541. The van der Waals surface area contributed by atoms with Gasteiger partial charge in [0.1, 0.15) is 5.75 Å². The molecule has 0 radical (unpaired) electrons. The fourth-order valence-electron chi connectivity index (χ4n) is 3.41. The fraction of sp³-hybridized carbons (Fsp3) is 0.0909. The summed E-state index contributed by atoms with van der Waals surface area (Å²) in [6, 6.07) is 14.9. The molecule has 8 heteroatoms. The highest BCUT2D eigenvalue weighted by Crippen LogP contribution is 2.30. The first-order valence-electron chi connectivity index (χ1n) is 9.32. The summed E-state index contributed by atoms with van der Waals surface area (Å²) in [5.41, 5.74) is 4.15. The number of hydrogen-bond acceptors (Lipinski definition) is 7. The van der Waals surface area contributed by atoms with E-state index in [1.54, 1.807) is 30.6 Å². The van der Waals surface area contributed by atoms with E-state index < -0.39 is 0 Å². The lowest BCUT2D eigenvalue weighted by atomic mass is 10.1. The van der Waals surface area contributed by atoms with E-state index in [-0.39, 0.29) is 17.8 Å². The van der Waals surface area contributed by atoms with Gasteiger partial charge in [0.25, 0.3) is 5.91 Å². The van der Waals surface area contributed by atoms with E-state index in [1.165, 1.54) is 0 Å². The number of carbonyl (C=O) groups is 1. The van der Waals surface area contributed by atoms with Crippen molar-refractivity contribution in [1.82, 2.24) is 20.3 Å². The van der Waals surface area contributed by atoms with Gasteiger partial charge in [-0.15, -0.1) is 0 Å². The zero-order chi connectivity index (χ0) is 20.7. The van der Waals surface area contributed by atoms with Crippen LogP contribution < -0.4 is 15.0 Å². The zero-order valence-electron chi connectivity index (χ0n) is 16.0. The number of ether oxygens (including phenoxy) is 1. The summed E-state index contributed by atoms with van der Waals surface area (Å²) in [7, 11) is 1.96. The van der Waals surface area contributed by atoms with Crippen LogP contribution in [-0.4, -0.2) is 33.0 Å². The van der Waals surface area contributed by atoms with Crippen LogP contribution in [-0.2, 0) is 6.54 Å². The van der Waals surface area contributed by atoms with Gasteiger partial charge in [0.05, 0.1) is 17.1 Å². The Morgan fingerprint density at radius 3 is 2.70 bits per heavy atom. The van der Waals surface area contributed by atoms with E-state index in [0.29, 0.717) is 23.2 Å². The van der Waals surface area contributed by atoms with Crippen LogP contribution in [0.15, 0.2) is 60.9 Å². The average Bonchev–Trinajstić information content (AvgIpc) is 3.14. The number of carbonyl (C=O) groups excluding carboxylic acids is 1. The summed E-state index contributed by atoms with van der Waals surface area (Å²) in [6.45, 7) is 0.552. The van der Waals surface area contributed by atoms with Crippen molar-refractivity contribution in [2.45, 2.75) is 6.54 Å². The number of amides is 1. The molecule has 0 bridgehead atoms. The minimum Gasteiger partial charge on any atom is -0.493 e.